The summed E-state index contributed by atoms with van der Waals surface area (Å²) < 4.78 is 0. The largest absolute Gasteiger partial charge is 0.478 e. The predicted molar refractivity (Wildman–Crippen MR) is 36.1 cm³/mol. The molecule has 1 atom stereocenters. The van der Waals surface area contributed by atoms with Crippen LogP contribution in [0.4, 0.5) is 0 Å². The van der Waals surface area contributed by atoms with E-state index in [0.29, 0.717) is 0 Å². The molecule has 52 valence electrons. The summed E-state index contributed by atoms with van der Waals surface area (Å²) in [6, 6.07) is -0.620. The highest BCUT2D eigenvalue weighted by Crippen LogP contribution is 2.03. The zero-order valence-corrected chi connectivity index (χ0v) is 5.61. The van der Waals surface area contributed by atoms with E-state index in [1.54, 1.807) is 30.3 Å². The molecule has 0 fully saturated rings. The Hall–Kier alpha value is -1.34. The van der Waals surface area contributed by atoms with Crippen molar-refractivity contribution in [3.05, 3.63) is 24.4 Å². The summed E-state index contributed by atoms with van der Waals surface area (Å²) >= 11 is 0. The lowest BCUT2D eigenvalue weighted by molar-refractivity contribution is -0.140. The van der Waals surface area contributed by atoms with Crippen molar-refractivity contribution >= 4 is 5.97 Å². The van der Waals surface area contributed by atoms with Crippen LogP contribution in [0.1, 0.15) is 0 Å². The van der Waals surface area contributed by atoms with Crippen LogP contribution < -0.4 is 0 Å². The number of allylic oxidation sites excluding steroid dienone is 2. The van der Waals surface area contributed by atoms with Crippen LogP contribution in [0.2, 0.25) is 0 Å². The smallest absolute Gasteiger partial charge is 0.361 e. The molecule has 0 saturated carbocycles. The Balaban J connectivity index is 2.70. The van der Waals surface area contributed by atoms with Gasteiger partial charge in [0.05, 0.1) is 12.3 Å². The minimum Gasteiger partial charge on any atom is -0.478 e. The fourth-order valence-electron chi connectivity index (χ4n) is 0.775. The first-order valence-corrected chi connectivity index (χ1v) is 2.92. The minimum absolute atomic E-state index is 0.620. The topological polar surface area (TPSA) is 40.5 Å². The fraction of sp³-hybridized carbons (Fsp3) is 0.286. The molecule has 0 spiro atoms. The van der Waals surface area contributed by atoms with Crippen molar-refractivity contribution in [2.75, 3.05) is 7.05 Å². The molecule has 1 aliphatic rings. The molecule has 1 aliphatic heterocycles. The van der Waals surface area contributed by atoms with E-state index in [1.165, 1.54) is 0 Å². The van der Waals surface area contributed by atoms with Gasteiger partial charge in [-0.2, -0.15) is 0 Å². The van der Waals surface area contributed by atoms with Crippen molar-refractivity contribution in [3.8, 4) is 0 Å². The SMILES string of the molecule is CN1C=CC=[C+]C1C(=O)O. The highest BCUT2D eigenvalue weighted by Gasteiger charge is 2.26. The number of carboxylic acid groups (broad SMARTS) is 1. The molecule has 0 bridgehead atoms. The number of carboxylic acids is 1. The molecule has 1 rings (SSSR count). The average Bonchev–Trinajstić information content (AvgIpc) is 1.88. The van der Waals surface area contributed by atoms with E-state index < -0.39 is 12.0 Å². The molecular formula is C7H8NO2+. The van der Waals surface area contributed by atoms with Gasteiger partial charge in [0.15, 0.2) is 6.08 Å². The van der Waals surface area contributed by atoms with Crippen LogP contribution in [0.5, 0.6) is 0 Å². The third-order valence-corrected chi connectivity index (χ3v) is 1.31. The molecule has 0 aromatic rings. The van der Waals surface area contributed by atoms with Crippen molar-refractivity contribution in [3.63, 3.8) is 0 Å². The Bertz CT molecular complexity index is 196. The van der Waals surface area contributed by atoms with Gasteiger partial charge in [-0.25, -0.2) is 4.79 Å². The van der Waals surface area contributed by atoms with Crippen LogP contribution >= 0.6 is 0 Å². The van der Waals surface area contributed by atoms with Crippen LogP contribution in [0.3, 0.4) is 0 Å². The Labute approximate surface area is 59.3 Å². The third-order valence-electron chi connectivity index (χ3n) is 1.31. The molecule has 1 N–H and O–H groups in total. The second-order valence-electron chi connectivity index (χ2n) is 2.08. The van der Waals surface area contributed by atoms with Crippen LogP contribution in [0.25, 0.3) is 0 Å². The third kappa shape index (κ3) is 1.14. The first kappa shape index (κ1) is 6.78. The molecule has 0 aromatic carbocycles. The van der Waals surface area contributed by atoms with Crippen LogP contribution in [0, 0.1) is 6.08 Å². The second kappa shape index (κ2) is 2.50. The number of hydrogen-bond acceptors (Lipinski definition) is 2. The van der Waals surface area contributed by atoms with Gasteiger partial charge in [0, 0.05) is 7.05 Å². The second-order valence-corrected chi connectivity index (χ2v) is 2.08. The Morgan fingerprint density at radius 2 is 2.50 bits per heavy atom. The molecule has 0 aromatic heterocycles. The van der Waals surface area contributed by atoms with Crippen LogP contribution in [0.15, 0.2) is 18.4 Å². The summed E-state index contributed by atoms with van der Waals surface area (Å²) in [4.78, 5) is 12.0. The zero-order valence-electron chi connectivity index (χ0n) is 5.61. The van der Waals surface area contributed by atoms with E-state index >= 15 is 0 Å². The zero-order chi connectivity index (χ0) is 7.56. The number of nitrogens with zero attached hydrogens (tertiary/aromatic N) is 1. The lowest BCUT2D eigenvalue weighted by atomic mass is 10.2. The van der Waals surface area contributed by atoms with E-state index in [1.807, 2.05) is 0 Å². The van der Waals surface area contributed by atoms with E-state index in [4.69, 9.17) is 5.11 Å². The van der Waals surface area contributed by atoms with Crippen molar-refractivity contribution in [2.45, 2.75) is 6.04 Å². The normalized spacial score (nSPS) is 22.5. The van der Waals surface area contributed by atoms with Gasteiger partial charge in [-0.3, -0.25) is 0 Å². The Morgan fingerprint density at radius 1 is 1.80 bits per heavy atom. The van der Waals surface area contributed by atoms with Crippen molar-refractivity contribution in [2.24, 2.45) is 0 Å². The Morgan fingerprint density at radius 3 is 2.90 bits per heavy atom. The maximum absolute atomic E-state index is 10.4. The van der Waals surface area contributed by atoms with Gasteiger partial charge in [0.2, 0.25) is 0 Å². The van der Waals surface area contributed by atoms with Crippen LogP contribution in [-0.4, -0.2) is 29.1 Å². The molecule has 0 radical (unpaired) electrons. The average molecular weight is 138 g/mol. The van der Waals surface area contributed by atoms with Gasteiger partial charge in [-0.1, -0.05) is 0 Å². The van der Waals surface area contributed by atoms with E-state index in [9.17, 15) is 4.79 Å². The Kier molecular flexibility index (Phi) is 1.69. The standard InChI is InChI=1S/C7H7NO2/c1-8-5-3-2-4-6(8)7(9)10/h2-3,5-6H,1H3/p+1. The predicted octanol–water partition coefficient (Wildman–Crippen LogP) is 0.258. The monoisotopic (exact) mass is 138 g/mol. The summed E-state index contributed by atoms with van der Waals surface area (Å²) in [7, 11) is 1.70. The van der Waals surface area contributed by atoms with Gasteiger partial charge >= 0.3 is 5.97 Å². The van der Waals surface area contributed by atoms with E-state index in [2.05, 4.69) is 6.08 Å². The number of likely N-dealkylation sites (N-methyl/N-ethyl adjacent to an activating group) is 1. The minimum atomic E-state index is -0.872. The highest BCUT2D eigenvalue weighted by atomic mass is 16.4. The summed E-state index contributed by atoms with van der Waals surface area (Å²) in [5.74, 6) is -0.872. The summed E-state index contributed by atoms with van der Waals surface area (Å²) in [6.45, 7) is 0. The molecule has 0 aliphatic carbocycles. The van der Waals surface area contributed by atoms with E-state index in [-0.39, 0.29) is 0 Å². The highest BCUT2D eigenvalue weighted by molar-refractivity contribution is 5.75. The van der Waals surface area contributed by atoms with E-state index in [0.717, 1.165) is 0 Å². The van der Waals surface area contributed by atoms with Gasteiger partial charge < -0.3 is 10.0 Å². The van der Waals surface area contributed by atoms with Gasteiger partial charge in [0.1, 0.15) is 6.08 Å². The van der Waals surface area contributed by atoms with Gasteiger partial charge in [-0.05, 0) is 0 Å². The molecular weight excluding hydrogens is 130 g/mol. The molecule has 1 unspecified atom stereocenters. The quantitative estimate of drug-likeness (QED) is 0.528. The number of carbonyl (C=O) groups is 1. The van der Waals surface area contributed by atoms with Gasteiger partial charge in [0.25, 0.3) is 6.04 Å². The molecule has 0 saturated heterocycles. The lowest BCUT2D eigenvalue weighted by Crippen LogP contribution is -2.34. The summed E-state index contributed by atoms with van der Waals surface area (Å²) in [6.07, 6.45) is 7.75. The maximum Gasteiger partial charge on any atom is 0.361 e. The molecule has 0 amide bonds. The first-order chi connectivity index (χ1) is 4.72. The van der Waals surface area contributed by atoms with Crippen molar-refractivity contribution < 1.29 is 9.90 Å². The van der Waals surface area contributed by atoms with Crippen LogP contribution in [-0.2, 0) is 4.79 Å². The van der Waals surface area contributed by atoms with Gasteiger partial charge in [-0.15, -0.1) is 0 Å². The molecule has 10 heavy (non-hydrogen) atoms. The lowest BCUT2D eigenvalue weighted by Gasteiger charge is -2.14. The van der Waals surface area contributed by atoms with Crippen molar-refractivity contribution in [1.29, 1.82) is 0 Å². The first-order valence-electron chi connectivity index (χ1n) is 2.92. The summed E-state index contributed by atoms with van der Waals surface area (Å²) in [5, 5.41) is 8.55. The fourth-order valence-corrected chi connectivity index (χ4v) is 0.775. The number of aliphatic carboxylic acids is 1. The van der Waals surface area contributed by atoms with Crippen molar-refractivity contribution in [1.82, 2.24) is 4.90 Å². The maximum atomic E-state index is 10.4. The summed E-state index contributed by atoms with van der Waals surface area (Å²) in [5.41, 5.74) is 0. The number of hydrogen-bond donors (Lipinski definition) is 1. The molecule has 1 heterocycles. The molecule has 3 nitrogen and oxygen atoms in total. The molecule has 3 heteroatoms. The number of rotatable bonds is 1.